The van der Waals surface area contributed by atoms with Gasteiger partial charge in [0.25, 0.3) is 0 Å². The van der Waals surface area contributed by atoms with Crippen molar-refractivity contribution in [1.29, 1.82) is 0 Å². The van der Waals surface area contributed by atoms with Crippen LogP contribution in [0.2, 0.25) is 0 Å². The van der Waals surface area contributed by atoms with Crippen molar-refractivity contribution in [3.63, 3.8) is 0 Å². The summed E-state index contributed by atoms with van der Waals surface area (Å²) in [6.45, 7) is 8.80. The Morgan fingerprint density at radius 2 is 1.44 bits per heavy atom. The summed E-state index contributed by atoms with van der Waals surface area (Å²) >= 11 is 0. The van der Waals surface area contributed by atoms with Crippen molar-refractivity contribution < 1.29 is 25.8 Å². The van der Waals surface area contributed by atoms with E-state index in [1.807, 2.05) is 18.3 Å². The number of aromatic nitrogens is 3. The molecule has 8 aromatic rings. The number of pyridine rings is 1. The molecular formula is C43H34N5OPt-3. The third-order valence-electron chi connectivity index (χ3n) is 9.38. The van der Waals surface area contributed by atoms with Crippen molar-refractivity contribution in [3.8, 4) is 17.3 Å². The van der Waals surface area contributed by atoms with Gasteiger partial charge in [-0.25, -0.2) is 4.98 Å². The van der Waals surface area contributed by atoms with E-state index in [1.165, 1.54) is 0 Å². The molecule has 4 heterocycles. The Bertz CT molecular complexity index is 2530. The first-order valence-corrected chi connectivity index (χ1v) is 16.5. The predicted octanol–water partition coefficient (Wildman–Crippen LogP) is 10.8. The van der Waals surface area contributed by atoms with Crippen LogP contribution >= 0.6 is 0 Å². The Balaban J connectivity index is 0.00000361. The van der Waals surface area contributed by atoms with Gasteiger partial charge in [0.1, 0.15) is 5.82 Å². The van der Waals surface area contributed by atoms with Gasteiger partial charge < -0.3 is 23.7 Å². The number of hydrogen-bond acceptors (Lipinski definition) is 4. The minimum absolute atomic E-state index is 0. The third kappa shape index (κ3) is 5.35. The number of rotatable bonds is 5. The van der Waals surface area contributed by atoms with Crippen LogP contribution in [-0.2, 0) is 33.5 Å². The van der Waals surface area contributed by atoms with Gasteiger partial charge in [-0.3, -0.25) is 0 Å². The molecule has 0 saturated heterocycles. The zero-order chi connectivity index (χ0) is 33.3. The number of para-hydroxylation sites is 4. The first kappa shape index (κ1) is 31.9. The molecule has 0 amide bonds. The van der Waals surface area contributed by atoms with Gasteiger partial charge in [-0.2, -0.15) is 6.07 Å². The second-order valence-corrected chi connectivity index (χ2v) is 13.6. The number of fused-ring (bicyclic) bond motifs is 5. The molecule has 6 nitrogen and oxygen atoms in total. The summed E-state index contributed by atoms with van der Waals surface area (Å²) < 4.78 is 11.0. The maximum absolute atomic E-state index is 6.68. The smallest absolute Gasteiger partial charge is 0.137 e. The third-order valence-corrected chi connectivity index (χ3v) is 9.38. The van der Waals surface area contributed by atoms with Gasteiger partial charge >= 0.3 is 0 Å². The van der Waals surface area contributed by atoms with Crippen LogP contribution in [0.4, 0.5) is 22.7 Å². The van der Waals surface area contributed by atoms with Crippen molar-refractivity contribution in [1.82, 2.24) is 14.1 Å². The number of benzene rings is 5. The zero-order valence-electron chi connectivity index (χ0n) is 28.2. The normalized spacial score (nSPS) is 12.9. The van der Waals surface area contributed by atoms with Crippen molar-refractivity contribution in [2.75, 3.05) is 9.80 Å². The van der Waals surface area contributed by atoms with Crippen LogP contribution in [0.15, 0.2) is 128 Å². The van der Waals surface area contributed by atoms with Crippen molar-refractivity contribution in [3.05, 3.63) is 152 Å². The SMILES string of the molecule is Cn1ccc2cnc(-n3c4[c-]c(Oc5[c-]c(N6[CH-]N(c7ccccc7)c7ccccc76)cc(C(C)(C)C)c5)ccc4c4ccccc43)cc21.[Pt]. The van der Waals surface area contributed by atoms with Gasteiger partial charge in [-0.1, -0.05) is 74.8 Å². The number of anilines is 4. The van der Waals surface area contributed by atoms with E-state index < -0.39 is 0 Å². The molecule has 1 aliphatic heterocycles. The van der Waals surface area contributed by atoms with Crippen molar-refractivity contribution >= 4 is 55.5 Å². The van der Waals surface area contributed by atoms with Crippen molar-refractivity contribution in [2.45, 2.75) is 26.2 Å². The largest absolute Gasteiger partial charge is 0.509 e. The molecule has 0 radical (unpaired) electrons. The van der Waals surface area contributed by atoms with Gasteiger partial charge in [0, 0.05) is 86.0 Å². The summed E-state index contributed by atoms with van der Waals surface area (Å²) in [6.07, 6.45) is 4.00. The van der Waals surface area contributed by atoms with E-state index >= 15 is 0 Å². The van der Waals surface area contributed by atoms with E-state index in [1.54, 1.807) is 0 Å². The first-order chi connectivity index (χ1) is 23.8. The van der Waals surface area contributed by atoms with Crippen molar-refractivity contribution in [2.24, 2.45) is 7.05 Å². The Labute approximate surface area is 306 Å². The fraction of sp³-hybridized carbons (Fsp3) is 0.116. The maximum atomic E-state index is 6.68. The standard InChI is InChI=1S/C43H34N5O.Pt/c1-43(2,3)30-22-32(47-28-46(31-12-6-5-7-13-31)38-16-10-11-17-39(38)47)24-34(23-30)49-33-18-19-36-35-14-8-9-15-37(35)48(41(36)25-33)42-26-40-29(27-44-42)20-21-45(40)4;/h5-23,26-28H,1-4H3;/q-3;. The summed E-state index contributed by atoms with van der Waals surface area (Å²) in [4.78, 5) is 9.30. The first-order valence-electron chi connectivity index (χ1n) is 16.5. The van der Waals surface area contributed by atoms with E-state index in [-0.39, 0.29) is 26.5 Å². The molecule has 0 unspecified atom stereocenters. The average Bonchev–Trinajstić information content (AvgIpc) is 3.79. The molecule has 50 heavy (non-hydrogen) atoms. The molecule has 0 fully saturated rings. The number of nitrogens with zero attached hydrogens (tertiary/aromatic N) is 5. The summed E-state index contributed by atoms with van der Waals surface area (Å²) in [5, 5.41) is 3.34. The molecule has 7 heteroatoms. The van der Waals surface area contributed by atoms with E-state index in [0.29, 0.717) is 11.5 Å². The van der Waals surface area contributed by atoms with Gasteiger partial charge in [-0.15, -0.1) is 53.6 Å². The molecule has 0 bridgehead atoms. The van der Waals surface area contributed by atoms with Crippen LogP contribution in [-0.4, -0.2) is 14.1 Å². The molecule has 0 aliphatic carbocycles. The number of hydrogen-bond donors (Lipinski definition) is 0. The van der Waals surface area contributed by atoms with Crippen LogP contribution in [0.5, 0.6) is 11.5 Å². The molecule has 0 spiro atoms. The number of aryl methyl sites for hydroxylation is 1. The van der Waals surface area contributed by atoms with Gasteiger partial charge in [-0.05, 0) is 47.2 Å². The van der Waals surface area contributed by atoms with Crippen LogP contribution in [0.3, 0.4) is 0 Å². The predicted molar refractivity (Wildman–Crippen MR) is 199 cm³/mol. The van der Waals surface area contributed by atoms with E-state index in [9.17, 15) is 0 Å². The summed E-state index contributed by atoms with van der Waals surface area (Å²) in [7, 11) is 2.06. The van der Waals surface area contributed by atoms with E-state index in [4.69, 9.17) is 9.72 Å². The minimum Gasteiger partial charge on any atom is -0.509 e. The molecule has 3 aromatic heterocycles. The summed E-state index contributed by atoms with van der Waals surface area (Å²) in [6, 6.07) is 47.2. The molecule has 5 aromatic carbocycles. The van der Waals surface area contributed by atoms with Crippen LogP contribution < -0.4 is 14.5 Å². The Kier molecular flexibility index (Phi) is 7.80. The Hall–Kier alpha value is -5.32. The van der Waals surface area contributed by atoms with Crippen LogP contribution in [0.25, 0.3) is 38.5 Å². The second-order valence-electron chi connectivity index (χ2n) is 13.6. The molecule has 1 aliphatic rings. The van der Waals surface area contributed by atoms with Gasteiger partial charge in [0.2, 0.25) is 0 Å². The quantitative estimate of drug-likeness (QED) is 0.162. The Morgan fingerprint density at radius 3 is 2.24 bits per heavy atom. The van der Waals surface area contributed by atoms with E-state index in [0.717, 1.165) is 66.8 Å². The Morgan fingerprint density at radius 1 is 0.700 bits per heavy atom. The molecule has 250 valence electrons. The van der Waals surface area contributed by atoms with E-state index in [2.05, 4.69) is 175 Å². The molecule has 0 saturated carbocycles. The zero-order valence-corrected chi connectivity index (χ0v) is 30.4. The molecule has 0 N–H and O–H groups in total. The topological polar surface area (TPSA) is 38.5 Å². The monoisotopic (exact) mass is 831 g/mol. The minimum atomic E-state index is -0.123. The molecule has 9 rings (SSSR count). The van der Waals surface area contributed by atoms with Crippen LogP contribution in [0.1, 0.15) is 26.3 Å². The van der Waals surface area contributed by atoms with Crippen LogP contribution in [0, 0.1) is 18.8 Å². The molecule has 0 atom stereocenters. The second kappa shape index (κ2) is 12.2. The van der Waals surface area contributed by atoms with Gasteiger partial charge in [0.15, 0.2) is 0 Å². The average molecular weight is 832 g/mol. The summed E-state index contributed by atoms with van der Waals surface area (Å²) in [5.41, 5.74) is 8.32. The fourth-order valence-corrected chi connectivity index (χ4v) is 6.81. The van der Waals surface area contributed by atoms with Gasteiger partial charge in [0.05, 0.1) is 5.52 Å². The summed E-state index contributed by atoms with van der Waals surface area (Å²) in [5.74, 6) is 2.08. The number of ether oxygens (including phenoxy) is 1. The fourth-order valence-electron chi connectivity index (χ4n) is 6.81. The molecular weight excluding hydrogens is 798 g/mol. The maximum Gasteiger partial charge on any atom is 0.137 e.